The zero-order valence-electron chi connectivity index (χ0n) is 16.0. The van der Waals surface area contributed by atoms with E-state index in [1.54, 1.807) is 36.4 Å². The number of hydrogen-bond acceptors (Lipinski definition) is 7. The van der Waals surface area contributed by atoms with Crippen LogP contribution in [0.15, 0.2) is 47.2 Å². The second kappa shape index (κ2) is 8.26. The van der Waals surface area contributed by atoms with E-state index in [0.29, 0.717) is 30.1 Å². The van der Waals surface area contributed by atoms with Crippen molar-refractivity contribution in [1.82, 2.24) is 25.1 Å². The molecule has 3 heterocycles. The Hall–Kier alpha value is -3.49. The number of esters is 1. The third-order valence-corrected chi connectivity index (χ3v) is 4.89. The number of carbonyl (C=O) groups excluding carboxylic acids is 2. The highest BCUT2D eigenvalue weighted by molar-refractivity contribution is 5.97. The molecule has 150 valence electrons. The maximum absolute atomic E-state index is 13.2. The lowest BCUT2D eigenvalue weighted by molar-refractivity contribution is 0.0514. The molecule has 1 saturated heterocycles. The molecule has 1 unspecified atom stereocenters. The number of carbonyl (C=O) groups is 2. The minimum absolute atomic E-state index is 0.0293. The molecule has 1 aliphatic rings. The van der Waals surface area contributed by atoms with E-state index in [0.717, 1.165) is 12.8 Å². The van der Waals surface area contributed by atoms with Crippen LogP contribution in [0, 0.1) is 0 Å². The Morgan fingerprint density at radius 3 is 2.83 bits per heavy atom. The first kappa shape index (κ1) is 18.9. The molecular formula is C20H21N5O4. The summed E-state index contributed by atoms with van der Waals surface area (Å²) in [6.45, 7) is 3.14. The van der Waals surface area contributed by atoms with Gasteiger partial charge in [0.2, 0.25) is 0 Å². The molecule has 1 fully saturated rings. The smallest absolute Gasteiger partial charge is 0.360 e. The fourth-order valence-corrected chi connectivity index (χ4v) is 3.52. The molecule has 1 atom stereocenters. The molecule has 0 aliphatic carbocycles. The second-order valence-electron chi connectivity index (χ2n) is 6.76. The fourth-order valence-electron chi connectivity index (χ4n) is 3.52. The average molecular weight is 395 g/mol. The monoisotopic (exact) mass is 395 g/mol. The van der Waals surface area contributed by atoms with Gasteiger partial charge in [-0.15, -0.1) is 0 Å². The molecule has 0 bridgehead atoms. The van der Waals surface area contributed by atoms with Crippen LogP contribution in [0.4, 0.5) is 0 Å². The van der Waals surface area contributed by atoms with Crippen LogP contribution in [-0.4, -0.2) is 56.6 Å². The quantitative estimate of drug-likeness (QED) is 0.611. The van der Waals surface area contributed by atoms with Crippen LogP contribution in [0.5, 0.6) is 0 Å². The summed E-state index contributed by atoms with van der Waals surface area (Å²) in [7, 11) is 0. The number of hydrogen-bond donors (Lipinski definition) is 0. The summed E-state index contributed by atoms with van der Waals surface area (Å²) in [6, 6.07) is 8.87. The fraction of sp³-hybridized carbons (Fsp3) is 0.350. The van der Waals surface area contributed by atoms with Gasteiger partial charge in [-0.3, -0.25) is 4.79 Å². The summed E-state index contributed by atoms with van der Waals surface area (Å²) in [5.41, 5.74) is 1.32. The van der Waals surface area contributed by atoms with Gasteiger partial charge in [-0.25, -0.2) is 4.79 Å². The van der Waals surface area contributed by atoms with Crippen LogP contribution in [0.2, 0.25) is 0 Å². The van der Waals surface area contributed by atoms with Crippen molar-refractivity contribution in [3.63, 3.8) is 0 Å². The third kappa shape index (κ3) is 3.89. The van der Waals surface area contributed by atoms with Crippen molar-refractivity contribution < 1.29 is 18.8 Å². The summed E-state index contributed by atoms with van der Waals surface area (Å²) in [4.78, 5) is 28.3. The normalized spacial score (nSPS) is 16.6. The lowest BCUT2D eigenvalue weighted by atomic mass is 9.94. The van der Waals surface area contributed by atoms with Gasteiger partial charge in [0.1, 0.15) is 5.76 Å². The van der Waals surface area contributed by atoms with Gasteiger partial charge in [0.05, 0.1) is 30.3 Å². The number of nitrogens with zero attached hydrogens (tertiary/aromatic N) is 5. The van der Waals surface area contributed by atoms with Gasteiger partial charge in [0.15, 0.2) is 5.69 Å². The van der Waals surface area contributed by atoms with Gasteiger partial charge in [0, 0.05) is 25.1 Å². The van der Waals surface area contributed by atoms with Gasteiger partial charge in [-0.1, -0.05) is 17.3 Å². The van der Waals surface area contributed by atoms with Gasteiger partial charge >= 0.3 is 5.97 Å². The lowest BCUT2D eigenvalue weighted by Crippen LogP contribution is -2.39. The third-order valence-electron chi connectivity index (χ3n) is 4.89. The highest BCUT2D eigenvalue weighted by Crippen LogP contribution is 2.29. The van der Waals surface area contributed by atoms with E-state index in [2.05, 4.69) is 15.4 Å². The van der Waals surface area contributed by atoms with Crippen LogP contribution in [0.3, 0.4) is 0 Å². The molecular weight excluding hydrogens is 374 g/mol. The largest absolute Gasteiger partial charge is 0.461 e. The Bertz CT molecular complexity index is 998. The lowest BCUT2D eigenvalue weighted by Gasteiger charge is -2.32. The zero-order chi connectivity index (χ0) is 20.2. The topological polar surface area (TPSA) is 103 Å². The SMILES string of the molecule is CCOC(=O)c1cc(C2CCCN(C(=O)c3ccccc3-n3nccn3)C2)on1. The van der Waals surface area contributed by atoms with Crippen molar-refractivity contribution in [3.8, 4) is 5.69 Å². The molecule has 0 N–H and O–H groups in total. The maximum atomic E-state index is 13.2. The molecule has 0 spiro atoms. The minimum Gasteiger partial charge on any atom is -0.461 e. The number of amides is 1. The second-order valence-corrected chi connectivity index (χ2v) is 6.76. The molecule has 1 aromatic carbocycles. The highest BCUT2D eigenvalue weighted by atomic mass is 16.5. The Morgan fingerprint density at radius 2 is 2.03 bits per heavy atom. The Balaban J connectivity index is 1.52. The van der Waals surface area contributed by atoms with Crippen molar-refractivity contribution in [2.24, 2.45) is 0 Å². The summed E-state index contributed by atoms with van der Waals surface area (Å²) < 4.78 is 10.3. The van der Waals surface area contributed by atoms with Crippen LogP contribution in [0.1, 0.15) is 52.3 Å². The number of ether oxygens (including phenoxy) is 1. The van der Waals surface area contributed by atoms with Crippen molar-refractivity contribution in [2.45, 2.75) is 25.7 Å². The van der Waals surface area contributed by atoms with Crippen molar-refractivity contribution in [2.75, 3.05) is 19.7 Å². The summed E-state index contributed by atoms with van der Waals surface area (Å²) in [5, 5.41) is 12.1. The Labute approximate surface area is 167 Å². The Morgan fingerprint density at radius 1 is 1.24 bits per heavy atom. The molecule has 29 heavy (non-hydrogen) atoms. The first-order valence-electron chi connectivity index (χ1n) is 9.56. The molecule has 3 aromatic rings. The molecule has 1 amide bonds. The van der Waals surface area contributed by atoms with E-state index >= 15 is 0 Å². The minimum atomic E-state index is -0.508. The number of piperidine rings is 1. The summed E-state index contributed by atoms with van der Waals surface area (Å²) in [6.07, 6.45) is 4.82. The number of benzene rings is 1. The molecule has 0 radical (unpaired) electrons. The molecule has 9 heteroatoms. The summed E-state index contributed by atoms with van der Waals surface area (Å²) >= 11 is 0. The van der Waals surface area contributed by atoms with Crippen LogP contribution < -0.4 is 0 Å². The number of rotatable bonds is 5. The number of aromatic nitrogens is 4. The first-order chi connectivity index (χ1) is 14.2. The molecule has 2 aromatic heterocycles. The van der Waals surface area contributed by atoms with Gasteiger partial charge in [0.25, 0.3) is 5.91 Å². The number of para-hydroxylation sites is 1. The standard InChI is InChI=1S/C20H21N5O4/c1-2-28-20(27)16-12-18(29-23-16)14-6-5-11-24(13-14)19(26)15-7-3-4-8-17(15)25-21-9-10-22-25/h3-4,7-10,12,14H,2,5-6,11,13H2,1H3. The van der Waals surface area contributed by atoms with Crippen molar-refractivity contribution in [1.29, 1.82) is 0 Å². The molecule has 9 nitrogen and oxygen atoms in total. The van der Waals surface area contributed by atoms with E-state index in [4.69, 9.17) is 9.26 Å². The Kier molecular flexibility index (Phi) is 5.37. The van der Waals surface area contributed by atoms with Gasteiger partial charge < -0.3 is 14.2 Å². The predicted molar refractivity (Wildman–Crippen MR) is 102 cm³/mol. The van der Waals surface area contributed by atoms with E-state index in [9.17, 15) is 9.59 Å². The average Bonchev–Trinajstić information content (AvgIpc) is 3.46. The maximum Gasteiger partial charge on any atom is 0.360 e. The van der Waals surface area contributed by atoms with Crippen LogP contribution in [-0.2, 0) is 4.74 Å². The molecule has 0 saturated carbocycles. The van der Waals surface area contributed by atoms with E-state index < -0.39 is 5.97 Å². The first-order valence-corrected chi connectivity index (χ1v) is 9.56. The predicted octanol–water partition coefficient (Wildman–Crippen LogP) is 2.45. The summed E-state index contributed by atoms with van der Waals surface area (Å²) in [5.74, 6) is -0.0365. The zero-order valence-corrected chi connectivity index (χ0v) is 16.0. The van der Waals surface area contributed by atoms with Gasteiger partial charge in [-0.2, -0.15) is 15.0 Å². The van der Waals surface area contributed by atoms with E-state index in [1.165, 1.54) is 4.80 Å². The number of likely N-dealkylation sites (tertiary alicyclic amines) is 1. The van der Waals surface area contributed by atoms with E-state index in [1.807, 2.05) is 18.2 Å². The van der Waals surface area contributed by atoms with Gasteiger partial charge in [-0.05, 0) is 31.9 Å². The van der Waals surface area contributed by atoms with Crippen molar-refractivity contribution in [3.05, 3.63) is 59.7 Å². The molecule has 4 rings (SSSR count). The van der Waals surface area contributed by atoms with Crippen molar-refractivity contribution >= 4 is 11.9 Å². The van der Waals surface area contributed by atoms with Crippen LogP contribution >= 0.6 is 0 Å². The van der Waals surface area contributed by atoms with Crippen LogP contribution in [0.25, 0.3) is 5.69 Å². The van der Waals surface area contributed by atoms with E-state index in [-0.39, 0.29) is 24.1 Å². The highest BCUT2D eigenvalue weighted by Gasteiger charge is 2.30. The molecule has 1 aliphatic heterocycles.